The number of rotatable bonds is 8. The van der Waals surface area contributed by atoms with E-state index in [0.29, 0.717) is 41.9 Å². The largest absolute Gasteiger partial charge is 0.392 e. The first-order chi connectivity index (χ1) is 18.6. The van der Waals surface area contributed by atoms with Gasteiger partial charge in [-0.05, 0) is 113 Å². The highest BCUT2D eigenvalue weighted by molar-refractivity contribution is 7.86. The summed E-state index contributed by atoms with van der Waals surface area (Å²) in [6, 6.07) is 6.77. The fraction of sp³-hybridized carbons (Fsp3) is 0.765. The molecule has 4 unspecified atom stereocenters. The summed E-state index contributed by atoms with van der Waals surface area (Å²) in [6.45, 7) is 13.0. The number of aryl methyl sites for hydroxylation is 1. The molecule has 1 aromatic carbocycles. The monoisotopic (exact) mass is 572 g/mol. The second-order valence-electron chi connectivity index (χ2n) is 15.0. The molecule has 0 saturated heterocycles. The van der Waals surface area contributed by atoms with Gasteiger partial charge in [0.2, 0.25) is 0 Å². The molecule has 5 rings (SSSR count). The second-order valence-corrected chi connectivity index (χ2v) is 16.5. The van der Waals surface area contributed by atoms with E-state index >= 15 is 0 Å². The molecule has 3 fully saturated rings. The normalized spacial score (nSPS) is 38.6. The summed E-state index contributed by atoms with van der Waals surface area (Å²) in [5, 5.41) is 21.8. The molecule has 0 radical (unpaired) electrons. The van der Waals surface area contributed by atoms with Gasteiger partial charge < -0.3 is 10.2 Å². The molecular weight excluding hydrogens is 520 g/mol. The van der Waals surface area contributed by atoms with Gasteiger partial charge in [-0.15, -0.1) is 0 Å². The highest BCUT2D eigenvalue weighted by Gasteiger charge is 2.61. The van der Waals surface area contributed by atoms with Crippen LogP contribution in [0.15, 0.2) is 40.8 Å². The minimum atomic E-state index is -3.88. The van der Waals surface area contributed by atoms with Crippen LogP contribution in [0.2, 0.25) is 0 Å². The van der Waals surface area contributed by atoms with Crippen LogP contribution in [-0.4, -0.2) is 36.4 Å². The van der Waals surface area contributed by atoms with Gasteiger partial charge in [0.25, 0.3) is 10.1 Å². The van der Waals surface area contributed by atoms with Crippen molar-refractivity contribution in [3.05, 3.63) is 41.5 Å². The minimum absolute atomic E-state index is 0.176. The van der Waals surface area contributed by atoms with E-state index in [4.69, 9.17) is 4.18 Å². The Balaban J connectivity index is 1.29. The predicted octanol–water partition coefficient (Wildman–Crippen LogP) is 7.20. The van der Waals surface area contributed by atoms with Gasteiger partial charge in [0, 0.05) is 11.8 Å². The number of hydrogen-bond acceptors (Lipinski definition) is 5. The van der Waals surface area contributed by atoms with E-state index in [2.05, 4.69) is 26.8 Å². The molecule has 9 atom stereocenters. The SMILES string of the molecule is Cc1ccc(S(=O)(=O)OC2CC3=CCC4C5CC[C@H]([C@H](C)CCCC(C)(C)O)[C@@]5(C)CCC4[C@@]3(C)[C@@H](O)C2)cc1. The van der Waals surface area contributed by atoms with Crippen LogP contribution >= 0.6 is 0 Å². The van der Waals surface area contributed by atoms with Gasteiger partial charge in [0.1, 0.15) is 0 Å². The summed E-state index contributed by atoms with van der Waals surface area (Å²) in [7, 11) is -3.88. The number of hydrogen-bond donors (Lipinski definition) is 2. The summed E-state index contributed by atoms with van der Waals surface area (Å²) < 4.78 is 31.8. The molecule has 2 N–H and O–H groups in total. The van der Waals surface area contributed by atoms with Crippen LogP contribution in [-0.2, 0) is 14.3 Å². The van der Waals surface area contributed by atoms with Gasteiger partial charge in [-0.25, -0.2) is 0 Å². The summed E-state index contributed by atoms with van der Waals surface area (Å²) in [5.74, 6) is 3.06. The summed E-state index contributed by atoms with van der Waals surface area (Å²) in [5.41, 5.74) is 1.65. The Bertz CT molecular complexity index is 1200. The average molecular weight is 573 g/mol. The molecule has 40 heavy (non-hydrogen) atoms. The van der Waals surface area contributed by atoms with Crippen LogP contribution in [0.1, 0.15) is 104 Å². The van der Waals surface area contributed by atoms with E-state index in [1.165, 1.54) is 31.3 Å². The van der Waals surface area contributed by atoms with Crippen molar-refractivity contribution in [2.75, 3.05) is 0 Å². The molecule has 0 aliphatic heterocycles. The molecule has 0 spiro atoms. The Morgan fingerprint density at radius 3 is 2.48 bits per heavy atom. The number of allylic oxidation sites excluding steroid dienone is 1. The van der Waals surface area contributed by atoms with Crippen molar-refractivity contribution < 1.29 is 22.8 Å². The first-order valence-electron chi connectivity index (χ1n) is 15.7. The lowest BCUT2D eigenvalue weighted by molar-refractivity contribution is -0.105. The van der Waals surface area contributed by atoms with Crippen molar-refractivity contribution in [1.29, 1.82) is 0 Å². The molecular formula is C34H52O5S. The van der Waals surface area contributed by atoms with Crippen molar-refractivity contribution in [3.8, 4) is 0 Å². The van der Waals surface area contributed by atoms with E-state index in [1.54, 1.807) is 24.3 Å². The summed E-state index contributed by atoms with van der Waals surface area (Å²) in [6.07, 6.45) is 11.2. The molecule has 224 valence electrons. The third-order valence-corrected chi connectivity index (χ3v) is 13.3. The van der Waals surface area contributed by atoms with Crippen LogP contribution < -0.4 is 0 Å². The lowest BCUT2D eigenvalue weighted by Gasteiger charge is -2.59. The molecule has 4 aliphatic rings. The molecule has 3 saturated carbocycles. The third kappa shape index (κ3) is 5.47. The van der Waals surface area contributed by atoms with E-state index in [0.717, 1.165) is 37.2 Å². The molecule has 4 aliphatic carbocycles. The molecule has 6 heteroatoms. The lowest BCUT2D eigenvalue weighted by atomic mass is 9.46. The lowest BCUT2D eigenvalue weighted by Crippen LogP contribution is -2.56. The highest BCUT2D eigenvalue weighted by atomic mass is 32.2. The standard InChI is InChI=1S/C34H52O5S/c1-22-9-12-26(13-10-22)40(37,38)39-25-20-24-11-14-27-29-16-15-28(23(2)8-7-18-32(3,4)36)33(29,5)19-17-30(27)34(24,6)31(35)21-25/h9-13,23,25,27-31,35-36H,7-8,14-21H2,1-6H3/t23-,25?,27?,28-,29?,30?,31+,33-,34+/m1/s1. The fourth-order valence-corrected chi connectivity index (χ4v) is 10.8. The van der Waals surface area contributed by atoms with Gasteiger partial charge >= 0.3 is 0 Å². The maximum atomic E-state index is 13.0. The number of benzene rings is 1. The molecule has 5 nitrogen and oxygen atoms in total. The summed E-state index contributed by atoms with van der Waals surface area (Å²) in [4.78, 5) is 0.176. The smallest absolute Gasteiger partial charge is 0.297 e. The quantitative estimate of drug-likeness (QED) is 0.254. The van der Waals surface area contributed by atoms with Gasteiger partial charge in [0.15, 0.2) is 0 Å². The van der Waals surface area contributed by atoms with Gasteiger partial charge in [-0.2, -0.15) is 8.42 Å². The minimum Gasteiger partial charge on any atom is -0.392 e. The molecule has 0 heterocycles. The van der Waals surface area contributed by atoms with Gasteiger partial charge in [0.05, 0.1) is 22.7 Å². The summed E-state index contributed by atoms with van der Waals surface area (Å²) >= 11 is 0. The Hall–Kier alpha value is -1.21. The van der Waals surface area contributed by atoms with Crippen molar-refractivity contribution in [2.45, 2.75) is 128 Å². The van der Waals surface area contributed by atoms with Crippen LogP contribution in [0.3, 0.4) is 0 Å². The Morgan fingerprint density at radius 1 is 1.10 bits per heavy atom. The average Bonchev–Trinajstić information content (AvgIpc) is 3.21. The van der Waals surface area contributed by atoms with Crippen LogP contribution in [0.4, 0.5) is 0 Å². The predicted molar refractivity (Wildman–Crippen MR) is 159 cm³/mol. The van der Waals surface area contributed by atoms with Gasteiger partial charge in [-0.1, -0.05) is 63.0 Å². The zero-order chi connectivity index (χ0) is 29.1. The molecule has 0 aromatic heterocycles. The van der Waals surface area contributed by atoms with Crippen molar-refractivity contribution in [2.24, 2.45) is 40.4 Å². The Morgan fingerprint density at radius 2 is 1.80 bits per heavy atom. The van der Waals surface area contributed by atoms with Crippen molar-refractivity contribution >= 4 is 10.1 Å². The van der Waals surface area contributed by atoms with E-state index in [9.17, 15) is 18.6 Å². The number of fused-ring (bicyclic) bond motifs is 5. The maximum absolute atomic E-state index is 13.0. The van der Waals surface area contributed by atoms with E-state index in [1.807, 2.05) is 20.8 Å². The van der Waals surface area contributed by atoms with E-state index < -0.39 is 27.9 Å². The van der Waals surface area contributed by atoms with Crippen molar-refractivity contribution in [1.82, 2.24) is 0 Å². The third-order valence-electron chi connectivity index (χ3n) is 11.9. The second kappa shape index (κ2) is 10.8. The zero-order valence-electron chi connectivity index (χ0n) is 25.5. The number of aliphatic hydroxyl groups is 2. The number of aliphatic hydroxyl groups excluding tert-OH is 1. The van der Waals surface area contributed by atoms with E-state index in [-0.39, 0.29) is 10.3 Å². The molecule has 1 aromatic rings. The molecule has 0 bridgehead atoms. The van der Waals surface area contributed by atoms with Crippen molar-refractivity contribution in [3.63, 3.8) is 0 Å². The maximum Gasteiger partial charge on any atom is 0.297 e. The Labute approximate surface area is 242 Å². The zero-order valence-corrected chi connectivity index (χ0v) is 26.3. The Kier molecular flexibility index (Phi) is 8.18. The first kappa shape index (κ1) is 30.3. The van der Waals surface area contributed by atoms with Crippen LogP contribution in [0.25, 0.3) is 0 Å². The highest BCUT2D eigenvalue weighted by Crippen LogP contribution is 2.67. The van der Waals surface area contributed by atoms with Gasteiger partial charge in [-0.3, -0.25) is 4.18 Å². The first-order valence-corrected chi connectivity index (χ1v) is 17.2. The molecule has 0 amide bonds. The van der Waals surface area contributed by atoms with Crippen LogP contribution in [0, 0.1) is 47.3 Å². The topological polar surface area (TPSA) is 83.8 Å². The van der Waals surface area contributed by atoms with Crippen LogP contribution in [0.5, 0.6) is 0 Å². The fourth-order valence-electron chi connectivity index (χ4n) is 9.73.